The zero-order valence-electron chi connectivity index (χ0n) is 22.9. The van der Waals surface area contributed by atoms with Gasteiger partial charge in [-0.05, 0) is 25.0 Å². The van der Waals surface area contributed by atoms with Crippen LogP contribution >= 0.6 is 0 Å². The van der Waals surface area contributed by atoms with Crippen molar-refractivity contribution in [2.45, 2.75) is 38.1 Å². The van der Waals surface area contributed by atoms with Crippen molar-refractivity contribution in [1.82, 2.24) is 33.9 Å². The molecule has 3 aromatic rings. The molecule has 0 spiro atoms. The molecule has 3 aliphatic rings. The number of methoxy groups -OCH3 is 1. The third-order valence-corrected chi connectivity index (χ3v) is 10.0. The lowest BCUT2D eigenvalue weighted by Gasteiger charge is -2.38. The highest BCUT2D eigenvalue weighted by atomic mass is 32.2. The summed E-state index contributed by atoms with van der Waals surface area (Å²) in [7, 11) is -1.79. The molecule has 2 saturated heterocycles. The highest BCUT2D eigenvalue weighted by molar-refractivity contribution is 7.86. The summed E-state index contributed by atoms with van der Waals surface area (Å²) in [6.45, 7) is 4.53. The SMILES string of the molecule is COc1cc(N2CCN(S(=O)(=O)N3CCNCC3)CC2)ccc1Nc1nc(NC2CCCCC2)c2nc[nH]c2n1. The third kappa shape index (κ3) is 5.66. The van der Waals surface area contributed by atoms with Crippen molar-refractivity contribution >= 4 is 44.5 Å². The Bertz CT molecular complexity index is 1410. The van der Waals surface area contributed by atoms with Gasteiger partial charge in [0.05, 0.1) is 19.1 Å². The van der Waals surface area contributed by atoms with Gasteiger partial charge in [0.1, 0.15) is 11.3 Å². The van der Waals surface area contributed by atoms with Crippen LogP contribution in [0.5, 0.6) is 5.75 Å². The summed E-state index contributed by atoms with van der Waals surface area (Å²) in [6.07, 6.45) is 7.63. The number of hydrogen-bond acceptors (Lipinski definition) is 10. The van der Waals surface area contributed by atoms with Crippen molar-refractivity contribution < 1.29 is 13.2 Å². The van der Waals surface area contributed by atoms with Crippen molar-refractivity contribution in [3.8, 4) is 5.75 Å². The Morgan fingerprint density at radius 2 is 1.73 bits per heavy atom. The standard InChI is InChI=1S/C26H38N10O3S/c1-39-22-17-20(34-13-15-36(16-14-34)40(37,38)35-11-9-27-10-12-35)7-8-21(22)31-26-32-24-23(28-18-29-24)25(33-26)30-19-5-3-2-4-6-19/h7-8,17-19,27H,2-6,9-16H2,1H3,(H3,28,29,30,31,32,33). The van der Waals surface area contributed by atoms with Crippen LogP contribution in [0.3, 0.4) is 0 Å². The number of aromatic amines is 1. The van der Waals surface area contributed by atoms with Crippen LogP contribution in [-0.4, -0.2) is 102 Å². The van der Waals surface area contributed by atoms with Gasteiger partial charge in [0.25, 0.3) is 10.2 Å². The number of hydrogen-bond donors (Lipinski definition) is 4. The van der Waals surface area contributed by atoms with Crippen LogP contribution in [0, 0.1) is 0 Å². The number of fused-ring (bicyclic) bond motifs is 1. The number of piperazine rings is 2. The van der Waals surface area contributed by atoms with Crippen molar-refractivity contribution in [1.29, 1.82) is 0 Å². The first kappa shape index (κ1) is 27.0. The number of H-pyrrole nitrogens is 1. The van der Waals surface area contributed by atoms with Crippen molar-refractivity contribution in [3.05, 3.63) is 24.5 Å². The Hall–Kier alpha value is -3.20. The van der Waals surface area contributed by atoms with E-state index in [9.17, 15) is 8.42 Å². The molecule has 3 fully saturated rings. The van der Waals surface area contributed by atoms with Gasteiger partial charge in [0.15, 0.2) is 11.5 Å². The molecule has 1 aliphatic carbocycles. The number of ether oxygens (including phenoxy) is 1. The van der Waals surface area contributed by atoms with Crippen LogP contribution in [0.25, 0.3) is 11.2 Å². The summed E-state index contributed by atoms with van der Waals surface area (Å²) in [4.78, 5) is 19.1. The second-order valence-electron chi connectivity index (χ2n) is 10.5. The maximum Gasteiger partial charge on any atom is 0.282 e. The Morgan fingerprint density at radius 3 is 2.48 bits per heavy atom. The average Bonchev–Trinajstić information content (AvgIpc) is 3.48. The smallest absolute Gasteiger partial charge is 0.282 e. The molecular formula is C26H38N10O3S. The fourth-order valence-electron chi connectivity index (χ4n) is 5.75. The fraction of sp³-hybridized carbons (Fsp3) is 0.577. The van der Waals surface area contributed by atoms with Crippen LogP contribution in [0.2, 0.25) is 0 Å². The van der Waals surface area contributed by atoms with Crippen LogP contribution in [0.4, 0.5) is 23.1 Å². The number of rotatable bonds is 8. The number of nitrogens with one attached hydrogen (secondary N) is 4. The molecule has 2 aliphatic heterocycles. The van der Waals surface area contributed by atoms with Crippen LogP contribution in [0.1, 0.15) is 32.1 Å². The molecule has 2 aromatic heterocycles. The highest BCUT2D eigenvalue weighted by Gasteiger charge is 2.33. The summed E-state index contributed by atoms with van der Waals surface area (Å²) >= 11 is 0. The number of nitrogens with zero attached hydrogens (tertiary/aromatic N) is 6. The zero-order valence-corrected chi connectivity index (χ0v) is 23.7. The van der Waals surface area contributed by atoms with Crippen LogP contribution in [-0.2, 0) is 10.2 Å². The van der Waals surface area contributed by atoms with Gasteiger partial charge in [-0.1, -0.05) is 19.3 Å². The minimum absolute atomic E-state index is 0.387. The normalized spacial score (nSPS) is 20.1. The molecule has 4 heterocycles. The topological polar surface area (TPSA) is 144 Å². The molecule has 4 N–H and O–H groups in total. The minimum atomic E-state index is -3.43. The van der Waals surface area contributed by atoms with E-state index in [-0.39, 0.29) is 0 Å². The lowest BCUT2D eigenvalue weighted by atomic mass is 9.95. The minimum Gasteiger partial charge on any atom is -0.494 e. The molecular weight excluding hydrogens is 532 g/mol. The number of benzene rings is 1. The summed E-state index contributed by atoms with van der Waals surface area (Å²) in [6, 6.07) is 6.32. The predicted molar refractivity (Wildman–Crippen MR) is 156 cm³/mol. The van der Waals surface area contributed by atoms with Gasteiger partial charge >= 0.3 is 0 Å². The van der Waals surface area contributed by atoms with E-state index in [4.69, 9.17) is 9.72 Å². The Balaban J connectivity index is 1.15. The summed E-state index contributed by atoms with van der Waals surface area (Å²) in [5, 5.41) is 10.1. The first-order chi connectivity index (χ1) is 19.5. The Labute approximate surface area is 234 Å². The molecule has 0 radical (unpaired) electrons. The van der Waals surface area contributed by atoms with E-state index in [1.807, 2.05) is 18.2 Å². The molecule has 0 bridgehead atoms. The molecule has 1 saturated carbocycles. The quantitative estimate of drug-likeness (QED) is 0.318. The van der Waals surface area contributed by atoms with E-state index >= 15 is 0 Å². The molecule has 216 valence electrons. The average molecular weight is 571 g/mol. The van der Waals surface area contributed by atoms with Gasteiger partial charge in [-0.3, -0.25) is 0 Å². The van der Waals surface area contributed by atoms with Crippen molar-refractivity contribution in [3.63, 3.8) is 0 Å². The van der Waals surface area contributed by atoms with E-state index in [1.165, 1.54) is 19.3 Å². The van der Waals surface area contributed by atoms with Gasteiger partial charge in [-0.15, -0.1) is 0 Å². The molecule has 40 heavy (non-hydrogen) atoms. The number of anilines is 4. The highest BCUT2D eigenvalue weighted by Crippen LogP contribution is 2.33. The Morgan fingerprint density at radius 1 is 0.975 bits per heavy atom. The van der Waals surface area contributed by atoms with Gasteiger partial charge in [0.2, 0.25) is 5.95 Å². The lowest BCUT2D eigenvalue weighted by Crippen LogP contribution is -2.56. The van der Waals surface area contributed by atoms with Gasteiger partial charge in [-0.2, -0.15) is 27.0 Å². The molecule has 1 aromatic carbocycles. The number of imidazole rings is 1. The molecule has 0 amide bonds. The van der Waals surface area contributed by atoms with Crippen molar-refractivity contribution in [2.75, 3.05) is 75.0 Å². The lowest BCUT2D eigenvalue weighted by molar-refractivity contribution is 0.303. The summed E-state index contributed by atoms with van der Waals surface area (Å²) < 4.78 is 35.0. The second kappa shape index (κ2) is 11.7. The monoisotopic (exact) mass is 570 g/mol. The maximum atomic E-state index is 13.1. The van der Waals surface area contributed by atoms with Gasteiger partial charge in [-0.25, -0.2) is 4.98 Å². The summed E-state index contributed by atoms with van der Waals surface area (Å²) in [5.41, 5.74) is 3.12. The van der Waals surface area contributed by atoms with E-state index in [1.54, 1.807) is 22.0 Å². The fourth-order valence-corrected chi connectivity index (χ4v) is 7.34. The van der Waals surface area contributed by atoms with E-state index in [0.717, 1.165) is 35.6 Å². The molecule has 0 unspecified atom stereocenters. The summed E-state index contributed by atoms with van der Waals surface area (Å²) in [5.74, 6) is 1.83. The second-order valence-corrected chi connectivity index (χ2v) is 12.5. The maximum absolute atomic E-state index is 13.1. The largest absolute Gasteiger partial charge is 0.494 e. The van der Waals surface area contributed by atoms with Crippen LogP contribution in [0.15, 0.2) is 24.5 Å². The predicted octanol–water partition coefficient (Wildman–Crippen LogP) is 2.12. The van der Waals surface area contributed by atoms with Gasteiger partial charge in [0, 0.05) is 70.2 Å². The third-order valence-electron chi connectivity index (χ3n) is 7.99. The first-order valence-electron chi connectivity index (χ1n) is 14.1. The molecule has 14 heteroatoms. The molecule has 6 rings (SSSR count). The zero-order chi connectivity index (χ0) is 27.5. The van der Waals surface area contributed by atoms with Gasteiger partial charge < -0.3 is 30.6 Å². The van der Waals surface area contributed by atoms with E-state index in [2.05, 4.69) is 35.8 Å². The number of aromatic nitrogens is 4. The van der Waals surface area contributed by atoms with E-state index < -0.39 is 10.2 Å². The Kier molecular flexibility index (Phi) is 7.91. The molecule has 0 atom stereocenters. The van der Waals surface area contributed by atoms with Crippen molar-refractivity contribution in [2.24, 2.45) is 0 Å². The molecule has 13 nitrogen and oxygen atoms in total. The first-order valence-corrected chi connectivity index (χ1v) is 15.5. The van der Waals surface area contributed by atoms with E-state index in [0.29, 0.717) is 75.7 Å². The van der Waals surface area contributed by atoms with Crippen LogP contribution < -0.4 is 25.6 Å².